The molecular formula is C49H45N3. The maximum Gasteiger partial charge on any atom is 0.0867 e. The molecule has 5 aromatic carbocycles. The van der Waals surface area contributed by atoms with Gasteiger partial charge in [-0.3, -0.25) is 10.8 Å². The van der Waals surface area contributed by atoms with Gasteiger partial charge in [0.2, 0.25) is 0 Å². The van der Waals surface area contributed by atoms with Gasteiger partial charge in [0.25, 0.3) is 0 Å². The van der Waals surface area contributed by atoms with Crippen LogP contribution in [0.5, 0.6) is 0 Å². The van der Waals surface area contributed by atoms with Crippen LogP contribution in [0.4, 0.5) is 5.69 Å². The highest BCUT2D eigenvalue weighted by Crippen LogP contribution is 2.51. The Morgan fingerprint density at radius 2 is 1.10 bits per heavy atom. The Kier molecular flexibility index (Phi) is 7.99. The molecule has 0 fully saturated rings. The van der Waals surface area contributed by atoms with Gasteiger partial charge >= 0.3 is 0 Å². The van der Waals surface area contributed by atoms with Crippen LogP contribution in [0.1, 0.15) is 80.0 Å². The Hall–Kier alpha value is -5.80. The lowest BCUT2D eigenvalue weighted by Crippen LogP contribution is -2.18. The van der Waals surface area contributed by atoms with Crippen molar-refractivity contribution in [2.45, 2.75) is 51.9 Å². The van der Waals surface area contributed by atoms with E-state index in [1.54, 1.807) is 0 Å². The van der Waals surface area contributed by atoms with E-state index in [4.69, 9.17) is 16.6 Å². The zero-order valence-electron chi connectivity index (χ0n) is 30.6. The molecule has 256 valence electrons. The highest BCUT2D eigenvalue weighted by Gasteiger charge is 2.37. The van der Waals surface area contributed by atoms with E-state index in [1.165, 1.54) is 55.6 Å². The summed E-state index contributed by atoms with van der Waals surface area (Å²) in [5, 5.41) is 17.5. The number of hydrogen-bond donors (Lipinski definition) is 3. The van der Waals surface area contributed by atoms with Crippen molar-refractivity contribution in [1.29, 1.82) is 10.8 Å². The largest absolute Gasteiger partial charge is 0.399 e. The zero-order chi connectivity index (χ0) is 36.4. The van der Waals surface area contributed by atoms with Crippen LogP contribution in [0.3, 0.4) is 0 Å². The van der Waals surface area contributed by atoms with Crippen molar-refractivity contribution in [2.75, 3.05) is 5.73 Å². The minimum atomic E-state index is -0.105. The van der Waals surface area contributed by atoms with Gasteiger partial charge in [-0.1, -0.05) is 138 Å². The molecule has 0 radical (unpaired) electrons. The molecule has 0 bridgehead atoms. The van der Waals surface area contributed by atoms with Crippen LogP contribution >= 0.6 is 0 Å². The third kappa shape index (κ3) is 5.52. The minimum absolute atomic E-state index is 0.0789. The second-order valence-corrected chi connectivity index (χ2v) is 15.7. The van der Waals surface area contributed by atoms with E-state index >= 15 is 0 Å². The van der Waals surface area contributed by atoms with Crippen LogP contribution in [-0.4, -0.2) is 11.4 Å². The van der Waals surface area contributed by atoms with Crippen LogP contribution in [0.25, 0.3) is 39.0 Å². The number of benzene rings is 5. The van der Waals surface area contributed by atoms with E-state index in [2.05, 4.69) is 156 Å². The highest BCUT2D eigenvalue weighted by atomic mass is 14.5. The van der Waals surface area contributed by atoms with Crippen LogP contribution < -0.4 is 5.73 Å². The molecule has 52 heavy (non-hydrogen) atoms. The van der Waals surface area contributed by atoms with Gasteiger partial charge in [0, 0.05) is 22.1 Å². The average molecular weight is 676 g/mol. The second-order valence-electron chi connectivity index (χ2n) is 15.7. The van der Waals surface area contributed by atoms with Crippen molar-refractivity contribution in [3.05, 3.63) is 179 Å². The first-order valence-electron chi connectivity index (χ1n) is 18.3. The lowest BCUT2D eigenvalue weighted by molar-refractivity contribution is 0.660. The number of nitrogens with one attached hydrogen (secondary N) is 2. The molecule has 0 amide bonds. The van der Waals surface area contributed by atoms with Crippen molar-refractivity contribution in [2.24, 2.45) is 5.92 Å². The summed E-state index contributed by atoms with van der Waals surface area (Å²) in [5.41, 5.74) is 23.7. The average Bonchev–Trinajstić information content (AvgIpc) is 3.52. The van der Waals surface area contributed by atoms with Gasteiger partial charge in [-0.05, 0) is 121 Å². The van der Waals surface area contributed by atoms with Crippen LogP contribution in [0.2, 0.25) is 0 Å². The normalized spacial score (nSPS) is 18.6. The number of nitrogens with two attached hydrogens (primary N) is 1. The monoisotopic (exact) mass is 675 g/mol. The minimum Gasteiger partial charge on any atom is -0.399 e. The van der Waals surface area contributed by atoms with E-state index < -0.39 is 0 Å². The van der Waals surface area contributed by atoms with Crippen molar-refractivity contribution >= 4 is 33.8 Å². The highest BCUT2D eigenvalue weighted by molar-refractivity contribution is 6.61. The Balaban J connectivity index is 0.000000232. The number of anilines is 1. The van der Waals surface area contributed by atoms with E-state index in [0.29, 0.717) is 5.92 Å². The number of fused-ring (bicyclic) bond motifs is 6. The summed E-state index contributed by atoms with van der Waals surface area (Å²) < 4.78 is 0. The summed E-state index contributed by atoms with van der Waals surface area (Å²) in [7, 11) is 0. The predicted octanol–water partition coefficient (Wildman–Crippen LogP) is 12.1. The molecule has 0 spiro atoms. The maximum absolute atomic E-state index is 8.80. The van der Waals surface area contributed by atoms with E-state index in [0.717, 1.165) is 34.4 Å². The molecule has 1 unspecified atom stereocenters. The molecular weight excluding hydrogens is 631 g/mol. The Morgan fingerprint density at radius 3 is 1.69 bits per heavy atom. The first kappa shape index (κ1) is 33.3. The third-order valence-corrected chi connectivity index (χ3v) is 11.5. The molecule has 9 rings (SSSR count). The summed E-state index contributed by atoms with van der Waals surface area (Å²) in [5.74, 6) is 0.646. The smallest absolute Gasteiger partial charge is 0.0867 e. The van der Waals surface area contributed by atoms with Crippen LogP contribution in [0, 0.1) is 16.7 Å². The summed E-state index contributed by atoms with van der Waals surface area (Å²) in [6, 6.07) is 38.6. The molecule has 0 heterocycles. The fourth-order valence-corrected chi connectivity index (χ4v) is 8.50. The summed E-state index contributed by atoms with van der Waals surface area (Å²) in [6.45, 7) is 11.4. The Bertz CT molecular complexity index is 2430. The topological polar surface area (TPSA) is 73.7 Å². The van der Waals surface area contributed by atoms with Crippen molar-refractivity contribution in [3.63, 3.8) is 0 Å². The van der Waals surface area contributed by atoms with Gasteiger partial charge in [-0.2, -0.15) is 0 Å². The number of hydrogen-bond acceptors (Lipinski definition) is 3. The summed E-state index contributed by atoms with van der Waals surface area (Å²) >= 11 is 0. The Labute approximate surface area is 308 Å². The molecule has 1 atom stereocenters. The SMILES string of the molecule is CC1(C)c2ccccc2-c2ccc(C3=CC(=N)C(=N)C(c4ccc5c(c4)C(C)(C)c4ccccc4-5)=C3)cc21.CC1C=C(c2ccc(N)cc2)C=CC1. The lowest BCUT2D eigenvalue weighted by Gasteiger charge is -2.24. The first-order chi connectivity index (χ1) is 24.9. The molecule has 0 saturated heterocycles. The molecule has 0 aromatic heterocycles. The quantitative estimate of drug-likeness (QED) is 0.129. The van der Waals surface area contributed by atoms with Gasteiger partial charge < -0.3 is 5.73 Å². The second kappa shape index (κ2) is 12.5. The zero-order valence-corrected chi connectivity index (χ0v) is 30.6. The van der Waals surface area contributed by atoms with E-state index in [1.807, 2.05) is 18.2 Å². The maximum atomic E-state index is 8.80. The fourth-order valence-electron chi connectivity index (χ4n) is 8.50. The van der Waals surface area contributed by atoms with Crippen molar-refractivity contribution in [1.82, 2.24) is 0 Å². The molecule has 3 heteroatoms. The van der Waals surface area contributed by atoms with E-state index in [9.17, 15) is 0 Å². The fraction of sp³-hybridized carbons (Fsp3) is 0.184. The molecule has 4 aliphatic carbocycles. The number of rotatable bonds is 3. The van der Waals surface area contributed by atoms with Crippen molar-refractivity contribution in [3.8, 4) is 22.3 Å². The lowest BCUT2D eigenvalue weighted by atomic mass is 9.80. The predicted molar refractivity (Wildman–Crippen MR) is 221 cm³/mol. The molecule has 0 saturated carbocycles. The number of allylic oxidation sites excluding steroid dienone is 8. The summed E-state index contributed by atoms with van der Waals surface area (Å²) in [6.07, 6.45) is 11.8. The van der Waals surface area contributed by atoms with Gasteiger partial charge in [0.15, 0.2) is 0 Å². The molecule has 5 aromatic rings. The van der Waals surface area contributed by atoms with E-state index in [-0.39, 0.29) is 22.3 Å². The van der Waals surface area contributed by atoms with Gasteiger partial charge in [0.05, 0.1) is 11.4 Å². The van der Waals surface area contributed by atoms with Gasteiger partial charge in [-0.25, -0.2) is 0 Å². The van der Waals surface area contributed by atoms with Gasteiger partial charge in [0.1, 0.15) is 0 Å². The molecule has 3 nitrogen and oxygen atoms in total. The van der Waals surface area contributed by atoms with Crippen molar-refractivity contribution < 1.29 is 0 Å². The number of nitrogen functional groups attached to an aromatic ring is 1. The molecule has 0 aliphatic heterocycles. The Morgan fingerprint density at radius 1 is 0.577 bits per heavy atom. The van der Waals surface area contributed by atoms with Gasteiger partial charge in [-0.15, -0.1) is 0 Å². The van der Waals surface area contributed by atoms with Crippen LogP contribution in [-0.2, 0) is 10.8 Å². The molecule has 4 N–H and O–H groups in total. The van der Waals surface area contributed by atoms with Crippen LogP contribution in [0.15, 0.2) is 140 Å². The summed E-state index contributed by atoms with van der Waals surface area (Å²) in [4.78, 5) is 0. The standard InChI is InChI=1S/C36H30N2.C13H15N/c1-35(2)29-11-7-5-9-24(29)26-15-13-21(18-31(26)35)23-17-28(34(38)33(37)20-23)22-14-16-27-25-10-6-8-12-30(25)36(3,4)32(27)19-22;1-10-3-2-4-12(9-10)11-5-7-13(14)8-6-11/h5-20,37-38H,1-4H3;2,4-10H,3,14H2,1H3. The molecule has 4 aliphatic rings. The first-order valence-corrected chi connectivity index (χ1v) is 18.3. The third-order valence-electron chi connectivity index (χ3n) is 11.5.